The summed E-state index contributed by atoms with van der Waals surface area (Å²) in [5, 5.41) is 1.82. The maximum absolute atomic E-state index is 6.17. The summed E-state index contributed by atoms with van der Waals surface area (Å²) in [7, 11) is 3.24. The van der Waals surface area contributed by atoms with E-state index >= 15 is 0 Å². The predicted molar refractivity (Wildman–Crippen MR) is 111 cm³/mol. The molecule has 0 unspecified atom stereocenters. The van der Waals surface area contributed by atoms with Crippen LogP contribution in [-0.4, -0.2) is 14.2 Å². The molecule has 1 aromatic heterocycles. The summed E-state index contributed by atoms with van der Waals surface area (Å²) in [4.78, 5) is 4.88. The van der Waals surface area contributed by atoms with Crippen molar-refractivity contribution in [3.05, 3.63) is 83.7 Å². The predicted octanol–water partition coefficient (Wildman–Crippen LogP) is 5.66. The molecule has 0 saturated heterocycles. The topological polar surface area (TPSA) is 44.0 Å². The second-order valence-corrected chi connectivity index (χ2v) is 6.51. The molecule has 0 aliphatic rings. The number of benzene rings is 3. The fourth-order valence-electron chi connectivity index (χ4n) is 3.18. The Morgan fingerprint density at radius 1 is 0.786 bits per heavy atom. The summed E-state index contributed by atoms with van der Waals surface area (Å²) in [5.74, 6) is 2.04. The minimum atomic E-state index is 0.653. The van der Waals surface area contributed by atoms with E-state index in [1.165, 1.54) is 5.56 Å². The van der Waals surface area contributed by atoms with Gasteiger partial charge in [0, 0.05) is 17.0 Å². The third-order valence-electron chi connectivity index (χ3n) is 4.57. The molecule has 0 aliphatic heterocycles. The van der Waals surface area contributed by atoms with E-state index in [4.69, 9.17) is 18.9 Å². The molecule has 0 bridgehead atoms. The van der Waals surface area contributed by atoms with Crippen molar-refractivity contribution in [2.75, 3.05) is 14.2 Å². The summed E-state index contributed by atoms with van der Waals surface area (Å²) >= 11 is 0. The van der Waals surface area contributed by atoms with Crippen molar-refractivity contribution in [3.8, 4) is 22.8 Å². The first-order valence-corrected chi connectivity index (χ1v) is 9.04. The van der Waals surface area contributed by atoms with Crippen LogP contribution in [-0.2, 0) is 0 Å². The molecule has 4 rings (SSSR count). The molecule has 0 fully saturated rings. The van der Waals surface area contributed by atoms with Crippen LogP contribution in [0.2, 0.25) is 0 Å². The highest BCUT2D eigenvalue weighted by atomic mass is 16.5. The van der Waals surface area contributed by atoms with Gasteiger partial charge >= 0.3 is 0 Å². The Bertz CT molecular complexity index is 1210. The lowest BCUT2D eigenvalue weighted by molar-refractivity contribution is 0.355. The molecule has 1 heterocycles. The lowest BCUT2D eigenvalue weighted by atomic mass is 10.1. The largest absolute Gasteiger partial charge is 0.493 e. The molecule has 0 saturated carbocycles. The van der Waals surface area contributed by atoms with Gasteiger partial charge in [0.1, 0.15) is 11.3 Å². The van der Waals surface area contributed by atoms with E-state index in [2.05, 4.69) is 19.1 Å². The number of methoxy groups -OCH3 is 2. The summed E-state index contributed by atoms with van der Waals surface area (Å²) < 4.78 is 16.9. The lowest BCUT2D eigenvalue weighted by Crippen LogP contribution is -2.03. The van der Waals surface area contributed by atoms with E-state index in [-0.39, 0.29) is 0 Å². The van der Waals surface area contributed by atoms with Crippen molar-refractivity contribution in [1.29, 1.82) is 0 Å². The van der Waals surface area contributed by atoms with E-state index in [1.54, 1.807) is 14.2 Å². The Hall–Kier alpha value is -3.53. The SMILES string of the molecule is COc1ccc(-c2cc(=Nc3cccc(C)c3)c3ccccc3o2)cc1OC. The van der Waals surface area contributed by atoms with Crippen molar-refractivity contribution in [2.45, 2.75) is 6.92 Å². The van der Waals surface area contributed by atoms with Gasteiger partial charge in [0.15, 0.2) is 11.5 Å². The number of hydrogen-bond acceptors (Lipinski definition) is 4. The van der Waals surface area contributed by atoms with E-state index in [0.717, 1.165) is 27.6 Å². The Morgan fingerprint density at radius 3 is 2.39 bits per heavy atom. The molecule has 4 heteroatoms. The highest BCUT2D eigenvalue weighted by molar-refractivity contribution is 5.79. The Kier molecular flexibility index (Phi) is 4.85. The van der Waals surface area contributed by atoms with Gasteiger partial charge in [-0.05, 0) is 55.0 Å². The van der Waals surface area contributed by atoms with Crippen molar-refractivity contribution in [1.82, 2.24) is 0 Å². The summed E-state index contributed by atoms with van der Waals surface area (Å²) in [6, 6.07) is 23.8. The molecule has 140 valence electrons. The van der Waals surface area contributed by atoms with Crippen LogP contribution in [0.1, 0.15) is 5.56 Å². The van der Waals surface area contributed by atoms with Crippen molar-refractivity contribution < 1.29 is 13.9 Å². The zero-order chi connectivity index (χ0) is 19.5. The zero-order valence-electron chi connectivity index (χ0n) is 16.1. The molecule has 4 nitrogen and oxygen atoms in total. The number of hydrogen-bond donors (Lipinski definition) is 0. The molecule has 0 spiro atoms. The second-order valence-electron chi connectivity index (χ2n) is 6.51. The Morgan fingerprint density at radius 2 is 1.61 bits per heavy atom. The van der Waals surface area contributed by atoms with Crippen LogP contribution in [0.3, 0.4) is 0 Å². The number of para-hydroxylation sites is 1. The first-order valence-electron chi connectivity index (χ1n) is 9.04. The Balaban J connectivity index is 1.94. The average molecular weight is 371 g/mol. The normalized spacial score (nSPS) is 11.6. The fourth-order valence-corrected chi connectivity index (χ4v) is 3.18. The minimum absolute atomic E-state index is 0.653. The van der Waals surface area contributed by atoms with Gasteiger partial charge in [-0.25, -0.2) is 4.99 Å². The molecule has 28 heavy (non-hydrogen) atoms. The number of aryl methyl sites for hydroxylation is 1. The van der Waals surface area contributed by atoms with Gasteiger partial charge in [-0.15, -0.1) is 0 Å². The van der Waals surface area contributed by atoms with Gasteiger partial charge in [-0.2, -0.15) is 0 Å². The van der Waals surface area contributed by atoms with Gasteiger partial charge in [0.2, 0.25) is 0 Å². The second kappa shape index (κ2) is 7.61. The zero-order valence-corrected chi connectivity index (χ0v) is 16.1. The quantitative estimate of drug-likeness (QED) is 0.465. The van der Waals surface area contributed by atoms with E-state index < -0.39 is 0 Å². The van der Waals surface area contributed by atoms with Crippen LogP contribution in [0, 0.1) is 6.92 Å². The smallest absolute Gasteiger partial charge is 0.161 e. The molecule has 3 aromatic carbocycles. The van der Waals surface area contributed by atoms with Crippen LogP contribution in [0.15, 0.2) is 82.2 Å². The van der Waals surface area contributed by atoms with Crippen molar-refractivity contribution in [2.24, 2.45) is 4.99 Å². The summed E-state index contributed by atoms with van der Waals surface area (Å²) in [6.07, 6.45) is 0. The summed E-state index contributed by atoms with van der Waals surface area (Å²) in [6.45, 7) is 2.06. The highest BCUT2D eigenvalue weighted by Gasteiger charge is 2.10. The molecule has 4 aromatic rings. The molecule has 0 N–H and O–H groups in total. The molecule has 0 radical (unpaired) electrons. The lowest BCUT2D eigenvalue weighted by Gasteiger charge is -2.10. The molecule has 0 amide bonds. The number of ether oxygens (including phenoxy) is 2. The average Bonchev–Trinajstić information content (AvgIpc) is 2.73. The van der Waals surface area contributed by atoms with Gasteiger partial charge < -0.3 is 13.9 Å². The first kappa shape index (κ1) is 17.9. The summed E-state index contributed by atoms with van der Waals surface area (Å²) in [5.41, 5.74) is 3.76. The van der Waals surface area contributed by atoms with Gasteiger partial charge in [0.05, 0.1) is 25.3 Å². The van der Waals surface area contributed by atoms with Crippen LogP contribution in [0.25, 0.3) is 22.3 Å². The molecular weight excluding hydrogens is 350 g/mol. The maximum atomic E-state index is 6.17. The number of rotatable bonds is 4. The highest BCUT2D eigenvalue weighted by Crippen LogP contribution is 2.32. The van der Waals surface area contributed by atoms with Crippen molar-refractivity contribution in [3.63, 3.8) is 0 Å². The monoisotopic (exact) mass is 371 g/mol. The van der Waals surface area contributed by atoms with E-state index in [0.29, 0.717) is 17.3 Å². The first-order chi connectivity index (χ1) is 13.7. The van der Waals surface area contributed by atoms with Crippen LogP contribution < -0.4 is 14.8 Å². The van der Waals surface area contributed by atoms with Crippen molar-refractivity contribution >= 4 is 16.7 Å². The van der Waals surface area contributed by atoms with Gasteiger partial charge in [0.25, 0.3) is 0 Å². The van der Waals surface area contributed by atoms with Crippen LogP contribution in [0.5, 0.6) is 11.5 Å². The Labute approximate surface area is 163 Å². The van der Waals surface area contributed by atoms with Crippen LogP contribution in [0.4, 0.5) is 5.69 Å². The maximum Gasteiger partial charge on any atom is 0.161 e. The number of fused-ring (bicyclic) bond motifs is 1. The van der Waals surface area contributed by atoms with Crippen LogP contribution >= 0.6 is 0 Å². The fraction of sp³-hybridized carbons (Fsp3) is 0.125. The van der Waals surface area contributed by atoms with Gasteiger partial charge in [-0.1, -0.05) is 24.3 Å². The van der Waals surface area contributed by atoms with E-state index in [1.807, 2.05) is 60.7 Å². The molecule has 0 atom stereocenters. The number of nitrogens with zero attached hydrogens (tertiary/aromatic N) is 1. The van der Waals surface area contributed by atoms with E-state index in [9.17, 15) is 0 Å². The minimum Gasteiger partial charge on any atom is -0.493 e. The molecular formula is C24H21NO3. The standard InChI is InChI=1S/C24H21NO3/c1-16-7-6-8-18(13-16)25-20-15-23(28-21-10-5-4-9-19(20)21)17-11-12-22(26-2)24(14-17)27-3/h4-15H,1-3H3. The third-order valence-corrected chi connectivity index (χ3v) is 4.57. The molecule has 0 aliphatic carbocycles. The van der Waals surface area contributed by atoms with Gasteiger partial charge in [-0.3, -0.25) is 0 Å². The third kappa shape index (κ3) is 3.49.